The standard InChI is InChI=1S/C16H18N6O2/c1-23-16-13-8-12(2-3-14(13)17-10-18-16)22-6-4-21(5-7-22)9-15-20-19-11-24-15/h2-3,8,10-11H,4-7,9H2,1H3. The van der Waals surface area contributed by atoms with Crippen LogP contribution in [0.4, 0.5) is 5.69 Å². The Labute approximate surface area is 139 Å². The Morgan fingerprint density at radius 1 is 1.17 bits per heavy atom. The number of nitrogens with zero attached hydrogens (tertiary/aromatic N) is 6. The van der Waals surface area contributed by atoms with Gasteiger partial charge in [0.1, 0.15) is 6.33 Å². The summed E-state index contributed by atoms with van der Waals surface area (Å²) in [6.45, 7) is 4.48. The summed E-state index contributed by atoms with van der Waals surface area (Å²) in [5, 5.41) is 8.60. The third-order valence-corrected chi connectivity index (χ3v) is 4.28. The highest BCUT2D eigenvalue weighted by Crippen LogP contribution is 2.27. The van der Waals surface area contributed by atoms with Crippen LogP contribution in [-0.2, 0) is 6.54 Å². The Morgan fingerprint density at radius 2 is 2.04 bits per heavy atom. The van der Waals surface area contributed by atoms with Gasteiger partial charge < -0.3 is 14.1 Å². The number of hydrogen-bond acceptors (Lipinski definition) is 8. The van der Waals surface area contributed by atoms with Gasteiger partial charge in [-0.1, -0.05) is 0 Å². The highest BCUT2D eigenvalue weighted by molar-refractivity contribution is 5.86. The van der Waals surface area contributed by atoms with E-state index in [4.69, 9.17) is 9.15 Å². The van der Waals surface area contributed by atoms with E-state index in [-0.39, 0.29) is 0 Å². The average Bonchev–Trinajstić information content (AvgIpc) is 3.14. The second kappa shape index (κ2) is 6.40. The van der Waals surface area contributed by atoms with Crippen molar-refractivity contribution in [2.45, 2.75) is 6.54 Å². The van der Waals surface area contributed by atoms with Gasteiger partial charge in [0.05, 0.1) is 24.6 Å². The summed E-state index contributed by atoms with van der Waals surface area (Å²) >= 11 is 0. The molecule has 124 valence electrons. The molecule has 0 N–H and O–H groups in total. The van der Waals surface area contributed by atoms with Crippen molar-refractivity contribution >= 4 is 16.6 Å². The van der Waals surface area contributed by atoms with E-state index in [1.165, 1.54) is 12.7 Å². The summed E-state index contributed by atoms with van der Waals surface area (Å²) in [6.07, 6.45) is 2.90. The van der Waals surface area contributed by atoms with Gasteiger partial charge in [0.15, 0.2) is 0 Å². The van der Waals surface area contributed by atoms with Crippen LogP contribution in [0.2, 0.25) is 0 Å². The van der Waals surface area contributed by atoms with Crippen LogP contribution >= 0.6 is 0 Å². The van der Waals surface area contributed by atoms with Gasteiger partial charge in [0.25, 0.3) is 0 Å². The SMILES string of the molecule is COc1ncnc2ccc(N3CCN(Cc4nnco4)CC3)cc12. The predicted molar refractivity (Wildman–Crippen MR) is 87.9 cm³/mol. The van der Waals surface area contributed by atoms with E-state index >= 15 is 0 Å². The lowest BCUT2D eigenvalue weighted by Gasteiger charge is -2.35. The first-order valence-electron chi connectivity index (χ1n) is 7.84. The summed E-state index contributed by atoms with van der Waals surface area (Å²) in [7, 11) is 1.63. The van der Waals surface area contributed by atoms with E-state index in [0.717, 1.165) is 42.8 Å². The van der Waals surface area contributed by atoms with Crippen molar-refractivity contribution in [2.75, 3.05) is 38.2 Å². The minimum absolute atomic E-state index is 0.608. The van der Waals surface area contributed by atoms with Gasteiger partial charge in [-0.15, -0.1) is 10.2 Å². The topological polar surface area (TPSA) is 80.4 Å². The normalized spacial score (nSPS) is 15.8. The number of hydrogen-bond donors (Lipinski definition) is 0. The summed E-state index contributed by atoms with van der Waals surface area (Å²) in [5.74, 6) is 1.27. The number of methoxy groups -OCH3 is 1. The molecular weight excluding hydrogens is 308 g/mol. The molecule has 8 nitrogen and oxygen atoms in total. The number of benzene rings is 1. The summed E-state index contributed by atoms with van der Waals surface area (Å²) in [6, 6.07) is 6.21. The van der Waals surface area contributed by atoms with Gasteiger partial charge in [-0.25, -0.2) is 9.97 Å². The molecule has 3 aromatic rings. The highest BCUT2D eigenvalue weighted by Gasteiger charge is 2.19. The lowest BCUT2D eigenvalue weighted by molar-refractivity contribution is 0.226. The fourth-order valence-electron chi connectivity index (χ4n) is 3.00. The van der Waals surface area contributed by atoms with E-state index in [1.807, 2.05) is 6.07 Å². The molecule has 0 amide bonds. The molecule has 4 rings (SSSR count). The molecule has 8 heteroatoms. The molecule has 0 bridgehead atoms. The van der Waals surface area contributed by atoms with Crippen molar-refractivity contribution in [1.29, 1.82) is 0 Å². The number of piperazine rings is 1. The van der Waals surface area contributed by atoms with Crippen molar-refractivity contribution in [2.24, 2.45) is 0 Å². The monoisotopic (exact) mass is 326 g/mol. The van der Waals surface area contributed by atoms with Gasteiger partial charge in [0.2, 0.25) is 18.2 Å². The van der Waals surface area contributed by atoms with Crippen molar-refractivity contribution in [3.63, 3.8) is 0 Å². The molecule has 0 spiro atoms. The summed E-state index contributed by atoms with van der Waals surface area (Å²) in [4.78, 5) is 13.1. The molecule has 0 unspecified atom stereocenters. The largest absolute Gasteiger partial charge is 0.480 e. The highest BCUT2D eigenvalue weighted by atomic mass is 16.5. The fraction of sp³-hybridized carbons (Fsp3) is 0.375. The van der Waals surface area contributed by atoms with Crippen LogP contribution < -0.4 is 9.64 Å². The van der Waals surface area contributed by atoms with E-state index in [0.29, 0.717) is 18.3 Å². The molecule has 1 aliphatic heterocycles. The number of rotatable bonds is 4. The zero-order valence-corrected chi connectivity index (χ0v) is 13.4. The lowest BCUT2D eigenvalue weighted by atomic mass is 10.2. The number of ether oxygens (including phenoxy) is 1. The van der Waals surface area contributed by atoms with Crippen LogP contribution in [0.3, 0.4) is 0 Å². The van der Waals surface area contributed by atoms with Crippen LogP contribution in [0.1, 0.15) is 5.89 Å². The van der Waals surface area contributed by atoms with Crippen LogP contribution in [0.15, 0.2) is 35.3 Å². The molecule has 1 fully saturated rings. The quantitative estimate of drug-likeness (QED) is 0.710. The van der Waals surface area contributed by atoms with Crippen molar-refractivity contribution in [1.82, 2.24) is 25.1 Å². The number of fused-ring (bicyclic) bond motifs is 1. The van der Waals surface area contributed by atoms with E-state index in [9.17, 15) is 0 Å². The molecular formula is C16H18N6O2. The Kier molecular flexibility index (Phi) is 3.96. The van der Waals surface area contributed by atoms with Crippen LogP contribution in [-0.4, -0.2) is 58.4 Å². The maximum absolute atomic E-state index is 5.34. The smallest absolute Gasteiger partial charge is 0.230 e. The van der Waals surface area contributed by atoms with Crippen LogP contribution in [0.25, 0.3) is 10.9 Å². The molecule has 24 heavy (non-hydrogen) atoms. The fourth-order valence-corrected chi connectivity index (χ4v) is 3.00. The molecule has 1 saturated heterocycles. The minimum atomic E-state index is 0.608. The Hall–Kier alpha value is -2.74. The van der Waals surface area contributed by atoms with E-state index < -0.39 is 0 Å². The zero-order chi connectivity index (χ0) is 16.4. The second-order valence-electron chi connectivity index (χ2n) is 5.68. The van der Waals surface area contributed by atoms with Crippen LogP contribution in [0.5, 0.6) is 5.88 Å². The molecule has 1 aliphatic rings. The molecule has 0 saturated carbocycles. The average molecular weight is 326 g/mol. The molecule has 2 aromatic heterocycles. The molecule has 0 atom stereocenters. The predicted octanol–water partition coefficient (Wildman–Crippen LogP) is 1.34. The van der Waals surface area contributed by atoms with Crippen molar-refractivity contribution in [3.05, 3.63) is 36.8 Å². The summed E-state index contributed by atoms with van der Waals surface area (Å²) in [5.41, 5.74) is 2.05. The van der Waals surface area contributed by atoms with Gasteiger partial charge in [-0.3, -0.25) is 4.90 Å². The maximum Gasteiger partial charge on any atom is 0.230 e. The van der Waals surface area contributed by atoms with Gasteiger partial charge in [-0.05, 0) is 18.2 Å². The van der Waals surface area contributed by atoms with Gasteiger partial charge >= 0.3 is 0 Å². The zero-order valence-electron chi connectivity index (χ0n) is 13.4. The number of anilines is 1. The molecule has 0 radical (unpaired) electrons. The molecule has 3 heterocycles. The summed E-state index contributed by atoms with van der Waals surface area (Å²) < 4.78 is 10.6. The first kappa shape index (κ1) is 14.8. The third-order valence-electron chi connectivity index (χ3n) is 4.28. The third kappa shape index (κ3) is 2.88. The number of aromatic nitrogens is 4. The Balaban J connectivity index is 1.48. The minimum Gasteiger partial charge on any atom is -0.480 e. The van der Waals surface area contributed by atoms with Crippen molar-refractivity contribution in [3.8, 4) is 5.88 Å². The van der Waals surface area contributed by atoms with Gasteiger partial charge in [-0.2, -0.15) is 0 Å². The van der Waals surface area contributed by atoms with Crippen molar-refractivity contribution < 1.29 is 9.15 Å². The molecule has 0 aliphatic carbocycles. The lowest BCUT2D eigenvalue weighted by Crippen LogP contribution is -2.46. The first-order chi connectivity index (χ1) is 11.8. The van der Waals surface area contributed by atoms with E-state index in [1.54, 1.807) is 7.11 Å². The maximum atomic E-state index is 5.34. The van der Waals surface area contributed by atoms with Gasteiger partial charge in [0, 0.05) is 31.9 Å². The van der Waals surface area contributed by atoms with E-state index in [2.05, 4.69) is 42.1 Å². The Morgan fingerprint density at radius 3 is 2.79 bits per heavy atom. The molecule has 1 aromatic carbocycles. The second-order valence-corrected chi connectivity index (χ2v) is 5.68. The Bertz CT molecular complexity index is 815. The van der Waals surface area contributed by atoms with Crippen LogP contribution in [0, 0.1) is 0 Å². The first-order valence-corrected chi connectivity index (χ1v) is 7.84.